The predicted octanol–water partition coefficient (Wildman–Crippen LogP) is 8.41. The molecule has 2 aromatic carbocycles. The summed E-state index contributed by atoms with van der Waals surface area (Å²) in [7, 11) is 0. The van der Waals surface area contributed by atoms with Gasteiger partial charge >= 0.3 is 163 Å². The number of benzene rings is 2. The number of nitrogens with zero attached hydrogens (tertiary/aromatic N) is 2. The number of aromatic hydroxyl groups is 1. The third kappa shape index (κ3) is 2.75. The van der Waals surface area contributed by atoms with Gasteiger partial charge in [-0.1, -0.05) is 0 Å². The van der Waals surface area contributed by atoms with Crippen molar-refractivity contribution < 1.29 is 5.11 Å². The van der Waals surface area contributed by atoms with Crippen molar-refractivity contribution in [2.24, 2.45) is 0 Å². The van der Waals surface area contributed by atoms with E-state index in [0.29, 0.717) is 11.4 Å². The molecule has 3 rings (SSSR count). The molecule has 126 valence electrons. The number of phenols is 1. The molecular weight excluding hydrogens is 463 g/mol. The fraction of sp³-hybridized carbons (Fsp3) is 0. The van der Waals surface area contributed by atoms with Crippen LogP contribution in [0.4, 0.5) is 11.4 Å². The molecule has 0 aromatic heterocycles. The van der Waals surface area contributed by atoms with Crippen LogP contribution in [-0.4, -0.2) is 5.11 Å². The van der Waals surface area contributed by atoms with Crippen molar-refractivity contribution in [2.75, 3.05) is 8.88 Å². The van der Waals surface area contributed by atoms with Crippen molar-refractivity contribution in [3.05, 3.63) is 54.6 Å². The molecule has 1 saturated heterocycles. The van der Waals surface area contributed by atoms with Gasteiger partial charge in [0.25, 0.3) is 0 Å². The van der Waals surface area contributed by atoms with Crippen LogP contribution in [0.25, 0.3) is 0 Å². The van der Waals surface area contributed by atoms with E-state index in [1.807, 2.05) is 6.07 Å². The Kier molecular flexibility index (Phi) is 4.14. The molecule has 0 bridgehead atoms. The number of halogens is 6. The second-order valence-electron chi connectivity index (χ2n) is 4.90. The van der Waals surface area contributed by atoms with Gasteiger partial charge in [-0.05, 0) is 0 Å². The van der Waals surface area contributed by atoms with E-state index in [9.17, 15) is 5.11 Å². The molecule has 0 amide bonds. The Morgan fingerprint density at radius 2 is 1.00 bits per heavy atom. The average Bonchev–Trinajstić information content (AvgIpc) is 2.39. The standard InChI is InChI=1S/C12H10Cl6N2OP2/c13-22(14,15)19(10-4-2-1-3-5-10)23(16,17,18)20(22)11-6-8-12(21)9-7-11/h1-9,21H. The maximum absolute atomic E-state index is 9.44. The molecule has 1 fully saturated rings. The molecule has 11 heteroatoms. The Morgan fingerprint density at radius 1 is 0.609 bits per heavy atom. The molecule has 3 nitrogen and oxygen atoms in total. The molecule has 0 radical (unpaired) electrons. The third-order valence-electron chi connectivity index (χ3n) is 3.27. The Balaban J connectivity index is 2.18. The zero-order valence-electron chi connectivity index (χ0n) is 11.2. The first-order valence-corrected chi connectivity index (χ1v) is 15.9. The molecular formula is C12H10Cl6N2OP2. The topological polar surface area (TPSA) is 26.7 Å². The zero-order valence-corrected chi connectivity index (χ0v) is 17.5. The number of phenolic OH excluding ortho intramolecular Hbond substituents is 1. The van der Waals surface area contributed by atoms with E-state index in [0.717, 1.165) is 0 Å². The van der Waals surface area contributed by atoms with Crippen molar-refractivity contribution in [1.29, 1.82) is 0 Å². The molecule has 0 unspecified atom stereocenters. The van der Waals surface area contributed by atoms with Crippen molar-refractivity contribution in [1.82, 2.24) is 0 Å². The summed E-state index contributed by atoms with van der Waals surface area (Å²) in [6.45, 7) is 0. The van der Waals surface area contributed by atoms with Gasteiger partial charge in [0.1, 0.15) is 0 Å². The van der Waals surface area contributed by atoms with Gasteiger partial charge in [0.2, 0.25) is 0 Å². The van der Waals surface area contributed by atoms with E-state index in [2.05, 4.69) is 0 Å². The van der Waals surface area contributed by atoms with E-state index in [-0.39, 0.29) is 5.75 Å². The Hall–Kier alpha value is 0.440. The summed E-state index contributed by atoms with van der Waals surface area (Å²) < 4.78 is 2.60. The summed E-state index contributed by atoms with van der Waals surface area (Å²) >= 11 is 39.6. The third-order valence-corrected chi connectivity index (χ3v) is 20.0. The van der Waals surface area contributed by atoms with E-state index in [1.165, 1.54) is 21.0 Å². The van der Waals surface area contributed by atoms with E-state index in [4.69, 9.17) is 67.4 Å². The minimum atomic E-state index is -4.24. The van der Waals surface area contributed by atoms with Crippen molar-refractivity contribution >= 4 is 88.7 Å². The number of hydrogen-bond donors (Lipinski definition) is 1. The normalized spacial score (nSPS) is 26.9. The van der Waals surface area contributed by atoms with Crippen LogP contribution < -0.4 is 8.88 Å². The molecule has 0 aliphatic carbocycles. The van der Waals surface area contributed by atoms with Gasteiger partial charge in [-0.15, -0.1) is 0 Å². The molecule has 0 saturated carbocycles. The van der Waals surface area contributed by atoms with E-state index >= 15 is 0 Å². The molecule has 2 aromatic rings. The Labute approximate surface area is 162 Å². The van der Waals surface area contributed by atoms with Gasteiger partial charge in [-0.3, -0.25) is 0 Å². The van der Waals surface area contributed by atoms with Crippen molar-refractivity contribution in [3.8, 4) is 5.75 Å². The van der Waals surface area contributed by atoms with E-state index in [1.54, 1.807) is 36.4 Å². The number of anilines is 2. The number of rotatable bonds is 2. The van der Waals surface area contributed by atoms with Crippen LogP contribution in [0.5, 0.6) is 5.75 Å². The minimum absolute atomic E-state index is 0.0623. The fourth-order valence-electron chi connectivity index (χ4n) is 2.45. The molecule has 0 atom stereocenters. The summed E-state index contributed by atoms with van der Waals surface area (Å²) in [5, 5.41) is 9.44. The van der Waals surface area contributed by atoms with Crippen LogP contribution in [0.15, 0.2) is 54.6 Å². The van der Waals surface area contributed by atoms with Crippen LogP contribution in [0.1, 0.15) is 0 Å². The second-order valence-corrected chi connectivity index (χ2v) is 24.7. The van der Waals surface area contributed by atoms with Crippen molar-refractivity contribution in [3.63, 3.8) is 0 Å². The predicted molar refractivity (Wildman–Crippen MR) is 108 cm³/mol. The Morgan fingerprint density at radius 3 is 1.43 bits per heavy atom. The fourth-order valence-corrected chi connectivity index (χ4v) is 31.8. The molecule has 0 spiro atoms. The summed E-state index contributed by atoms with van der Waals surface area (Å²) in [5.41, 5.74) is 0.947. The average molecular weight is 473 g/mol. The summed E-state index contributed by atoms with van der Waals surface area (Å²) in [6, 6.07) is 14.8. The van der Waals surface area contributed by atoms with E-state index < -0.39 is 9.93 Å². The van der Waals surface area contributed by atoms with Crippen molar-refractivity contribution in [2.45, 2.75) is 0 Å². The monoisotopic (exact) mass is 470 g/mol. The van der Waals surface area contributed by atoms with Gasteiger partial charge in [0.05, 0.1) is 0 Å². The van der Waals surface area contributed by atoms with Crippen LogP contribution in [0, 0.1) is 0 Å². The zero-order chi connectivity index (χ0) is 17.1. The first-order valence-electron chi connectivity index (χ1n) is 6.22. The molecule has 23 heavy (non-hydrogen) atoms. The van der Waals surface area contributed by atoms with Gasteiger partial charge in [-0.2, -0.15) is 0 Å². The summed E-state index contributed by atoms with van der Waals surface area (Å²) in [4.78, 5) is -8.48. The van der Waals surface area contributed by atoms with Gasteiger partial charge < -0.3 is 0 Å². The Bertz CT molecular complexity index is 732. The first-order chi connectivity index (χ1) is 10.4. The summed E-state index contributed by atoms with van der Waals surface area (Å²) in [6.07, 6.45) is 0. The SMILES string of the molecule is Oc1ccc(N2P(Cl)(Cl)(Cl)N(c3ccccc3)P2(Cl)(Cl)Cl)cc1. The van der Waals surface area contributed by atoms with Gasteiger partial charge in [0.15, 0.2) is 0 Å². The first kappa shape index (κ1) is 18.2. The number of para-hydroxylation sites is 1. The van der Waals surface area contributed by atoms with Crippen LogP contribution in [0.2, 0.25) is 0 Å². The summed E-state index contributed by atoms with van der Waals surface area (Å²) in [5.74, 6) is 0.0623. The van der Waals surface area contributed by atoms with Crippen LogP contribution in [-0.2, 0) is 0 Å². The second kappa shape index (κ2) is 5.22. The molecule has 1 aliphatic heterocycles. The van der Waals surface area contributed by atoms with Crippen LogP contribution in [0.3, 0.4) is 0 Å². The number of hydrogen-bond acceptors (Lipinski definition) is 3. The van der Waals surface area contributed by atoms with Gasteiger partial charge in [-0.25, -0.2) is 0 Å². The molecule has 1 aliphatic rings. The quantitative estimate of drug-likeness (QED) is 0.444. The molecule has 1 heterocycles. The maximum atomic E-state index is 9.44. The molecule has 1 N–H and O–H groups in total. The van der Waals surface area contributed by atoms with Crippen LogP contribution >= 0.6 is 77.4 Å². The van der Waals surface area contributed by atoms with Gasteiger partial charge in [0, 0.05) is 0 Å².